The van der Waals surface area contributed by atoms with E-state index in [-0.39, 0.29) is 17.7 Å². The van der Waals surface area contributed by atoms with Gasteiger partial charge in [0.25, 0.3) is 5.56 Å². The van der Waals surface area contributed by atoms with E-state index in [1.807, 2.05) is 26.0 Å². The second-order valence-electron chi connectivity index (χ2n) is 8.35. The number of ether oxygens (including phenoxy) is 2. The Morgan fingerprint density at radius 2 is 1.79 bits per heavy atom. The first-order chi connectivity index (χ1) is 18.3. The van der Waals surface area contributed by atoms with E-state index >= 15 is 0 Å². The third-order valence-electron chi connectivity index (χ3n) is 5.62. The quantitative estimate of drug-likeness (QED) is 0.200. The summed E-state index contributed by atoms with van der Waals surface area (Å²) in [5, 5.41) is 14.1. The third kappa shape index (κ3) is 6.31. The van der Waals surface area contributed by atoms with E-state index in [1.165, 1.54) is 16.8 Å². The molecule has 0 spiro atoms. The maximum atomic E-state index is 13.3. The summed E-state index contributed by atoms with van der Waals surface area (Å²) in [6, 6.07) is 15.5. The van der Waals surface area contributed by atoms with Crippen molar-refractivity contribution in [3.8, 4) is 11.5 Å². The Balaban J connectivity index is 1.65. The lowest BCUT2D eigenvalue weighted by Gasteiger charge is -2.14. The van der Waals surface area contributed by atoms with Crippen LogP contribution in [0.5, 0.6) is 11.5 Å². The topological polar surface area (TPSA) is 103 Å². The van der Waals surface area contributed by atoms with Crippen LogP contribution in [0.15, 0.2) is 73.4 Å². The minimum Gasteiger partial charge on any atom is -0.490 e. The summed E-state index contributed by atoms with van der Waals surface area (Å²) >= 11 is 7.00. The monoisotopic (exact) mass is 641 g/mol. The molecule has 38 heavy (non-hydrogen) atoms. The molecule has 1 heterocycles. The Morgan fingerprint density at radius 3 is 2.47 bits per heavy atom. The van der Waals surface area contributed by atoms with Gasteiger partial charge in [-0.25, -0.2) is 9.78 Å². The number of fused-ring (bicyclic) bond motifs is 1. The number of nitrogens with zero attached hydrogens (tertiary/aromatic N) is 3. The van der Waals surface area contributed by atoms with Crippen LogP contribution in [-0.4, -0.2) is 33.6 Å². The highest BCUT2D eigenvalue weighted by Gasteiger charge is 2.13. The van der Waals surface area contributed by atoms with Crippen LogP contribution < -0.4 is 15.0 Å². The highest BCUT2D eigenvalue weighted by Crippen LogP contribution is 2.34. The van der Waals surface area contributed by atoms with Crippen LogP contribution in [0.25, 0.3) is 10.9 Å². The predicted octanol–water partition coefficient (Wildman–Crippen LogP) is 6.43. The Kier molecular flexibility index (Phi) is 8.96. The molecule has 0 radical (unpaired) electrons. The molecule has 0 atom stereocenters. The highest BCUT2D eigenvalue weighted by molar-refractivity contribution is 9.10. The molecule has 0 aliphatic rings. The molecule has 3 aromatic carbocycles. The third-order valence-corrected chi connectivity index (χ3v) is 6.80. The van der Waals surface area contributed by atoms with Gasteiger partial charge in [0.1, 0.15) is 12.4 Å². The summed E-state index contributed by atoms with van der Waals surface area (Å²) in [4.78, 5) is 29.0. The molecule has 1 aromatic heterocycles. The van der Waals surface area contributed by atoms with Crippen molar-refractivity contribution in [1.29, 1.82) is 0 Å². The van der Waals surface area contributed by atoms with Gasteiger partial charge in [0.2, 0.25) is 0 Å². The minimum absolute atomic E-state index is 0.214. The zero-order valence-corrected chi connectivity index (χ0v) is 24.0. The van der Waals surface area contributed by atoms with Crippen LogP contribution in [0.3, 0.4) is 0 Å². The molecule has 0 saturated carbocycles. The van der Waals surface area contributed by atoms with Crippen LogP contribution in [0, 0.1) is 0 Å². The first kappa shape index (κ1) is 27.5. The van der Waals surface area contributed by atoms with Gasteiger partial charge < -0.3 is 14.6 Å². The van der Waals surface area contributed by atoms with Crippen LogP contribution in [0.4, 0.5) is 0 Å². The maximum absolute atomic E-state index is 13.3. The highest BCUT2D eigenvalue weighted by atomic mass is 79.9. The molecule has 0 amide bonds. The van der Waals surface area contributed by atoms with Crippen molar-refractivity contribution in [2.45, 2.75) is 33.3 Å². The number of aromatic nitrogens is 2. The molecule has 0 saturated heterocycles. The number of carboxylic acid groups (broad SMARTS) is 1. The van der Waals surface area contributed by atoms with Crippen molar-refractivity contribution in [3.05, 3.63) is 96.4 Å². The lowest BCUT2D eigenvalue weighted by Crippen LogP contribution is -2.22. The molecule has 4 rings (SSSR count). The molecule has 196 valence electrons. The zero-order valence-electron chi connectivity index (χ0n) is 20.8. The van der Waals surface area contributed by atoms with E-state index in [1.54, 1.807) is 36.5 Å². The zero-order chi connectivity index (χ0) is 27.2. The number of benzene rings is 3. The molecular weight excluding hydrogens is 618 g/mol. The summed E-state index contributed by atoms with van der Waals surface area (Å²) in [5.74, 6) is 0.632. The number of hydrogen-bond donors (Lipinski definition) is 1. The van der Waals surface area contributed by atoms with Crippen molar-refractivity contribution < 1.29 is 19.4 Å². The fourth-order valence-electron chi connectivity index (χ4n) is 3.75. The molecule has 0 unspecified atom stereocenters. The molecule has 4 aromatic rings. The van der Waals surface area contributed by atoms with E-state index in [0.29, 0.717) is 51.3 Å². The van der Waals surface area contributed by atoms with Gasteiger partial charge in [0.05, 0.1) is 29.3 Å². The summed E-state index contributed by atoms with van der Waals surface area (Å²) in [7, 11) is 0. The van der Waals surface area contributed by atoms with Crippen molar-refractivity contribution in [2.24, 2.45) is 5.10 Å². The van der Waals surface area contributed by atoms with E-state index in [4.69, 9.17) is 14.6 Å². The van der Waals surface area contributed by atoms with Gasteiger partial charge in [0, 0.05) is 20.9 Å². The minimum atomic E-state index is -0.978. The van der Waals surface area contributed by atoms with Crippen LogP contribution in [-0.2, 0) is 13.0 Å². The van der Waals surface area contributed by atoms with Gasteiger partial charge in [-0.3, -0.25) is 4.79 Å². The second-order valence-corrected chi connectivity index (χ2v) is 10.1. The number of rotatable bonds is 10. The van der Waals surface area contributed by atoms with E-state index in [9.17, 15) is 9.59 Å². The first-order valence-corrected chi connectivity index (χ1v) is 13.6. The molecule has 10 heteroatoms. The average Bonchev–Trinajstić information content (AvgIpc) is 2.90. The molecule has 0 bridgehead atoms. The first-order valence-electron chi connectivity index (χ1n) is 12.0. The molecule has 1 N–H and O–H groups in total. The lowest BCUT2D eigenvalue weighted by atomic mass is 10.1. The molecule has 8 nitrogen and oxygen atoms in total. The number of aromatic carboxylic acids is 1. The summed E-state index contributed by atoms with van der Waals surface area (Å²) in [6.07, 6.45) is 3.00. The second kappa shape index (κ2) is 12.4. The van der Waals surface area contributed by atoms with Gasteiger partial charge in [-0.15, -0.1) is 0 Å². The van der Waals surface area contributed by atoms with E-state index in [0.717, 1.165) is 16.5 Å². The number of hydrogen-bond acceptors (Lipinski definition) is 6. The standard InChI is InChI=1S/C28H25Br2N3O5/c1-3-5-26-32-23-11-10-20(29)13-21(23)27(34)33(26)31-15-19-12-24(37-4-2)25(14-22(19)30)38-16-17-6-8-18(9-7-17)28(35)36/h6-15H,3-5,16H2,1-2H3,(H,35,36). The molecule has 0 fully saturated rings. The Labute approximate surface area is 236 Å². The van der Waals surface area contributed by atoms with E-state index < -0.39 is 5.97 Å². The molecular formula is C28H25Br2N3O5. The normalized spacial score (nSPS) is 11.3. The van der Waals surface area contributed by atoms with Crippen LogP contribution >= 0.6 is 31.9 Å². The Bertz CT molecular complexity index is 1570. The van der Waals surface area contributed by atoms with Gasteiger partial charge in [-0.2, -0.15) is 9.78 Å². The van der Waals surface area contributed by atoms with Crippen molar-refractivity contribution in [3.63, 3.8) is 0 Å². The number of carboxylic acids is 1. The number of halogens is 2. The summed E-state index contributed by atoms with van der Waals surface area (Å²) < 4.78 is 14.6. The summed E-state index contributed by atoms with van der Waals surface area (Å²) in [6.45, 7) is 4.55. The van der Waals surface area contributed by atoms with Crippen molar-refractivity contribution >= 4 is 54.9 Å². The lowest BCUT2D eigenvalue weighted by molar-refractivity contribution is 0.0697. The van der Waals surface area contributed by atoms with Crippen LogP contribution in [0.1, 0.15) is 47.6 Å². The average molecular weight is 643 g/mol. The van der Waals surface area contributed by atoms with Crippen molar-refractivity contribution in [1.82, 2.24) is 9.66 Å². The predicted molar refractivity (Wildman–Crippen MR) is 154 cm³/mol. The van der Waals surface area contributed by atoms with Gasteiger partial charge in [-0.05, 0) is 77.3 Å². The van der Waals surface area contributed by atoms with Crippen LogP contribution in [0.2, 0.25) is 0 Å². The Morgan fingerprint density at radius 1 is 1.05 bits per heavy atom. The smallest absolute Gasteiger partial charge is 0.335 e. The fraction of sp³-hybridized carbons (Fsp3) is 0.214. The molecule has 0 aliphatic heterocycles. The van der Waals surface area contributed by atoms with Crippen molar-refractivity contribution in [2.75, 3.05) is 6.61 Å². The number of aryl methyl sites for hydroxylation is 1. The SMILES string of the molecule is CCCc1nc2ccc(Br)cc2c(=O)n1N=Cc1cc(OCC)c(OCc2ccc(C(=O)O)cc2)cc1Br. The molecule has 0 aliphatic carbocycles. The maximum Gasteiger partial charge on any atom is 0.335 e. The Hall–Kier alpha value is -3.50. The largest absolute Gasteiger partial charge is 0.490 e. The number of carbonyl (C=O) groups is 1. The summed E-state index contributed by atoms with van der Waals surface area (Å²) in [5.41, 5.74) is 2.11. The van der Waals surface area contributed by atoms with Gasteiger partial charge >= 0.3 is 5.97 Å². The fourth-order valence-corrected chi connectivity index (χ4v) is 4.54. The van der Waals surface area contributed by atoms with Gasteiger partial charge in [-0.1, -0.05) is 35.0 Å². The van der Waals surface area contributed by atoms with Gasteiger partial charge in [0.15, 0.2) is 11.5 Å². The van der Waals surface area contributed by atoms with E-state index in [2.05, 4.69) is 41.9 Å².